The lowest BCUT2D eigenvalue weighted by molar-refractivity contribution is -0.0327. The average molecular weight is 301 g/mol. The molecule has 0 aliphatic heterocycles. The van der Waals surface area contributed by atoms with E-state index in [0.717, 1.165) is 0 Å². The minimum Gasteiger partial charge on any atom is -0.467 e. The third-order valence-electron chi connectivity index (χ3n) is 2.74. The molecule has 2 aromatic rings. The van der Waals surface area contributed by atoms with E-state index < -0.39 is 5.51 Å². The van der Waals surface area contributed by atoms with Gasteiger partial charge in [-0.1, -0.05) is 19.1 Å². The van der Waals surface area contributed by atoms with Gasteiger partial charge in [0.05, 0.1) is 12.3 Å². The zero-order valence-corrected chi connectivity index (χ0v) is 11.6. The molecule has 0 radical (unpaired) electrons. The number of furan rings is 1. The van der Waals surface area contributed by atoms with E-state index in [4.69, 9.17) is 4.42 Å². The van der Waals surface area contributed by atoms with Crippen LogP contribution in [0.15, 0.2) is 52.0 Å². The summed E-state index contributed by atoms with van der Waals surface area (Å²) in [5.41, 5.74) is -3.84. The molecule has 1 unspecified atom stereocenters. The van der Waals surface area contributed by atoms with Crippen molar-refractivity contribution in [3.8, 4) is 0 Å². The molecule has 1 atom stereocenters. The number of rotatable bonds is 5. The Labute approximate surface area is 119 Å². The fourth-order valence-corrected chi connectivity index (χ4v) is 2.48. The Kier molecular flexibility index (Phi) is 4.65. The monoisotopic (exact) mass is 301 g/mol. The number of hydrogen-bond donors (Lipinski definition) is 1. The molecule has 6 heteroatoms. The Morgan fingerprint density at radius 3 is 2.55 bits per heavy atom. The van der Waals surface area contributed by atoms with Crippen LogP contribution in [0.4, 0.5) is 18.9 Å². The van der Waals surface area contributed by atoms with Crippen LogP contribution < -0.4 is 5.32 Å². The summed E-state index contributed by atoms with van der Waals surface area (Å²) in [5.74, 6) is 0.708. The summed E-state index contributed by atoms with van der Waals surface area (Å²) in [5, 5.41) is 3.11. The predicted octanol–water partition coefficient (Wildman–Crippen LogP) is 5.45. The summed E-state index contributed by atoms with van der Waals surface area (Å²) in [6.45, 7) is 1.94. The van der Waals surface area contributed by atoms with Crippen LogP contribution in [0.2, 0.25) is 0 Å². The van der Waals surface area contributed by atoms with Crippen LogP contribution in [0.3, 0.4) is 0 Å². The largest absolute Gasteiger partial charge is 0.467 e. The average Bonchev–Trinajstić information content (AvgIpc) is 2.89. The highest BCUT2D eigenvalue weighted by Gasteiger charge is 2.30. The van der Waals surface area contributed by atoms with Crippen LogP contribution in [-0.4, -0.2) is 5.51 Å². The van der Waals surface area contributed by atoms with Gasteiger partial charge in [-0.05, 0) is 42.4 Å². The first-order valence-corrected chi connectivity index (χ1v) is 6.96. The summed E-state index contributed by atoms with van der Waals surface area (Å²) in [7, 11) is 0. The fraction of sp³-hybridized carbons (Fsp3) is 0.286. The normalized spacial score (nSPS) is 13.2. The van der Waals surface area contributed by atoms with E-state index in [2.05, 4.69) is 5.32 Å². The molecule has 1 aromatic heterocycles. The highest BCUT2D eigenvalue weighted by atomic mass is 32.2. The van der Waals surface area contributed by atoms with Crippen molar-refractivity contribution in [3.05, 3.63) is 48.4 Å². The van der Waals surface area contributed by atoms with Gasteiger partial charge in [-0.25, -0.2) is 0 Å². The minimum atomic E-state index is -4.30. The highest BCUT2D eigenvalue weighted by molar-refractivity contribution is 8.00. The van der Waals surface area contributed by atoms with Crippen molar-refractivity contribution in [2.24, 2.45) is 0 Å². The second-order valence-corrected chi connectivity index (χ2v) is 5.27. The molecule has 0 saturated heterocycles. The van der Waals surface area contributed by atoms with Gasteiger partial charge < -0.3 is 9.73 Å². The molecule has 0 aliphatic rings. The van der Waals surface area contributed by atoms with Gasteiger partial charge in [-0.15, -0.1) is 0 Å². The number of alkyl halides is 3. The van der Waals surface area contributed by atoms with Crippen LogP contribution in [0.25, 0.3) is 0 Å². The van der Waals surface area contributed by atoms with E-state index in [1.165, 1.54) is 6.07 Å². The Morgan fingerprint density at radius 2 is 1.95 bits per heavy atom. The van der Waals surface area contributed by atoms with Crippen molar-refractivity contribution >= 4 is 17.4 Å². The number of nitrogens with one attached hydrogen (secondary N) is 1. The summed E-state index contributed by atoms with van der Waals surface area (Å²) in [6, 6.07) is 9.80. The van der Waals surface area contributed by atoms with Crippen molar-refractivity contribution in [2.75, 3.05) is 5.32 Å². The van der Waals surface area contributed by atoms with E-state index in [0.29, 0.717) is 17.9 Å². The SMILES string of the molecule is CCC(Nc1ccccc1SC(F)(F)F)c1ccco1. The maximum atomic E-state index is 12.5. The molecule has 20 heavy (non-hydrogen) atoms. The molecule has 0 amide bonds. The first-order chi connectivity index (χ1) is 9.49. The molecule has 0 fully saturated rings. The van der Waals surface area contributed by atoms with Crippen LogP contribution >= 0.6 is 11.8 Å². The van der Waals surface area contributed by atoms with Crippen molar-refractivity contribution in [3.63, 3.8) is 0 Å². The lowest BCUT2D eigenvalue weighted by Gasteiger charge is -2.19. The zero-order chi connectivity index (χ0) is 14.6. The molecular weight excluding hydrogens is 287 g/mol. The molecule has 0 saturated carbocycles. The van der Waals surface area contributed by atoms with Gasteiger partial charge in [0.15, 0.2) is 0 Å². The standard InChI is InChI=1S/C14H14F3NOS/c1-2-10(12-7-5-9-19-12)18-11-6-3-4-8-13(11)20-14(15,16)17/h3-10,18H,2H2,1H3. The molecule has 0 bridgehead atoms. The first kappa shape index (κ1) is 14.8. The van der Waals surface area contributed by atoms with E-state index >= 15 is 0 Å². The number of hydrogen-bond acceptors (Lipinski definition) is 3. The number of benzene rings is 1. The molecule has 1 heterocycles. The van der Waals surface area contributed by atoms with Crippen LogP contribution in [0.5, 0.6) is 0 Å². The molecule has 2 nitrogen and oxygen atoms in total. The minimum absolute atomic E-state index is 0.116. The van der Waals surface area contributed by atoms with Crippen LogP contribution in [-0.2, 0) is 0 Å². The Hall–Kier alpha value is -1.56. The molecule has 2 rings (SSSR count). The second-order valence-electron chi connectivity index (χ2n) is 4.16. The van der Waals surface area contributed by atoms with Gasteiger partial charge in [0, 0.05) is 10.6 Å². The second kappa shape index (κ2) is 6.26. The van der Waals surface area contributed by atoms with Crippen molar-refractivity contribution in [2.45, 2.75) is 29.8 Å². The lowest BCUT2D eigenvalue weighted by Crippen LogP contribution is -2.10. The molecular formula is C14H14F3NOS. The summed E-state index contributed by atoms with van der Waals surface area (Å²) < 4.78 is 42.9. The fourth-order valence-electron chi connectivity index (χ4n) is 1.85. The van der Waals surface area contributed by atoms with Gasteiger partial charge in [-0.3, -0.25) is 0 Å². The van der Waals surface area contributed by atoms with Gasteiger partial charge in [-0.2, -0.15) is 13.2 Å². The highest BCUT2D eigenvalue weighted by Crippen LogP contribution is 2.41. The van der Waals surface area contributed by atoms with Crippen LogP contribution in [0.1, 0.15) is 25.1 Å². The van der Waals surface area contributed by atoms with Gasteiger partial charge in [0.1, 0.15) is 5.76 Å². The molecule has 0 spiro atoms. The van der Waals surface area contributed by atoms with Gasteiger partial charge >= 0.3 is 5.51 Å². The lowest BCUT2D eigenvalue weighted by atomic mass is 10.1. The summed E-state index contributed by atoms with van der Waals surface area (Å²) in [4.78, 5) is 0.157. The number of anilines is 1. The molecule has 108 valence electrons. The molecule has 1 N–H and O–H groups in total. The van der Waals surface area contributed by atoms with E-state index in [-0.39, 0.29) is 22.7 Å². The van der Waals surface area contributed by atoms with E-state index in [1.807, 2.05) is 6.92 Å². The van der Waals surface area contributed by atoms with Crippen LogP contribution in [0, 0.1) is 0 Å². The third-order valence-corrected chi connectivity index (χ3v) is 3.54. The van der Waals surface area contributed by atoms with Crippen molar-refractivity contribution in [1.29, 1.82) is 0 Å². The number of thioether (sulfide) groups is 1. The number of para-hydroxylation sites is 1. The van der Waals surface area contributed by atoms with Gasteiger partial charge in [0.2, 0.25) is 0 Å². The first-order valence-electron chi connectivity index (χ1n) is 6.14. The smallest absolute Gasteiger partial charge is 0.446 e. The van der Waals surface area contributed by atoms with Crippen molar-refractivity contribution in [1.82, 2.24) is 0 Å². The molecule has 1 aromatic carbocycles. The topological polar surface area (TPSA) is 25.2 Å². The van der Waals surface area contributed by atoms with Crippen molar-refractivity contribution < 1.29 is 17.6 Å². The maximum Gasteiger partial charge on any atom is 0.446 e. The van der Waals surface area contributed by atoms with E-state index in [1.54, 1.807) is 36.6 Å². The Balaban J connectivity index is 2.20. The Bertz CT molecular complexity index is 540. The summed E-state index contributed by atoms with van der Waals surface area (Å²) in [6.07, 6.45) is 2.26. The Morgan fingerprint density at radius 1 is 1.20 bits per heavy atom. The summed E-state index contributed by atoms with van der Waals surface area (Å²) >= 11 is -0.116. The van der Waals surface area contributed by atoms with Gasteiger partial charge in [0.25, 0.3) is 0 Å². The van der Waals surface area contributed by atoms with E-state index in [9.17, 15) is 13.2 Å². The number of halogens is 3. The zero-order valence-electron chi connectivity index (χ0n) is 10.8. The molecule has 0 aliphatic carbocycles. The third kappa shape index (κ3) is 3.96. The quantitative estimate of drug-likeness (QED) is 0.743. The maximum absolute atomic E-state index is 12.5. The predicted molar refractivity (Wildman–Crippen MR) is 73.7 cm³/mol.